The van der Waals surface area contributed by atoms with Crippen molar-refractivity contribution in [2.75, 3.05) is 5.32 Å². The molecular weight excluding hydrogens is 378 g/mol. The lowest BCUT2D eigenvalue weighted by Gasteiger charge is -2.15. The highest BCUT2D eigenvalue weighted by Crippen LogP contribution is 2.10. The van der Waals surface area contributed by atoms with Crippen molar-refractivity contribution < 1.29 is 29.5 Å². The maximum Gasteiger partial charge on any atom is 0.303 e. The molecule has 3 amide bonds. The Morgan fingerprint density at radius 2 is 1.41 bits per heavy atom. The number of benzene rings is 1. The van der Waals surface area contributed by atoms with Crippen LogP contribution in [0, 0.1) is 0 Å². The molecule has 160 valence electrons. The van der Waals surface area contributed by atoms with Gasteiger partial charge in [-0.25, -0.2) is 5.48 Å². The smallest absolute Gasteiger partial charge is 0.303 e. The van der Waals surface area contributed by atoms with E-state index in [0.29, 0.717) is 12.8 Å². The van der Waals surface area contributed by atoms with Crippen molar-refractivity contribution in [3.05, 3.63) is 30.3 Å². The van der Waals surface area contributed by atoms with Crippen LogP contribution in [0.15, 0.2) is 30.3 Å². The number of hydrogen-bond donors (Lipinski definition) is 5. The highest BCUT2D eigenvalue weighted by atomic mass is 16.5. The summed E-state index contributed by atoms with van der Waals surface area (Å²) in [5.41, 5.74) is 2.21. The molecule has 5 N–H and O–H groups in total. The first-order valence-corrected chi connectivity index (χ1v) is 9.72. The molecule has 9 nitrogen and oxygen atoms in total. The number of amides is 3. The van der Waals surface area contributed by atoms with Gasteiger partial charge in [-0.2, -0.15) is 0 Å². The van der Waals surface area contributed by atoms with Crippen molar-refractivity contribution in [1.29, 1.82) is 0 Å². The first kappa shape index (κ1) is 24.1. The first-order valence-electron chi connectivity index (χ1n) is 9.72. The molecule has 0 aliphatic heterocycles. The van der Waals surface area contributed by atoms with Gasteiger partial charge >= 0.3 is 5.97 Å². The second-order valence-corrected chi connectivity index (χ2v) is 6.71. The van der Waals surface area contributed by atoms with Crippen LogP contribution in [-0.4, -0.2) is 40.0 Å². The van der Waals surface area contributed by atoms with Gasteiger partial charge in [-0.15, -0.1) is 0 Å². The molecule has 1 aromatic rings. The monoisotopic (exact) mass is 407 g/mol. The molecule has 0 fully saturated rings. The maximum absolute atomic E-state index is 11.9. The summed E-state index contributed by atoms with van der Waals surface area (Å²) < 4.78 is 0. The van der Waals surface area contributed by atoms with Crippen molar-refractivity contribution in [3.63, 3.8) is 0 Å². The molecule has 0 saturated heterocycles. The second kappa shape index (κ2) is 14.1. The van der Waals surface area contributed by atoms with E-state index in [-0.39, 0.29) is 31.1 Å². The normalized spacial score (nSPS) is 11.3. The Bertz CT molecular complexity index is 665. The van der Waals surface area contributed by atoms with E-state index in [0.717, 1.165) is 31.4 Å². The zero-order valence-corrected chi connectivity index (χ0v) is 16.4. The van der Waals surface area contributed by atoms with Crippen molar-refractivity contribution in [2.24, 2.45) is 0 Å². The number of carboxylic acids is 1. The molecule has 0 aliphatic carbocycles. The zero-order valence-electron chi connectivity index (χ0n) is 16.4. The average Bonchev–Trinajstić information content (AvgIpc) is 2.70. The van der Waals surface area contributed by atoms with E-state index in [1.54, 1.807) is 0 Å². The summed E-state index contributed by atoms with van der Waals surface area (Å²) in [5, 5.41) is 22.6. The SMILES string of the molecule is O=C(O)CC[C@@H](NC(=O)CCCCCCCC(=O)Nc1ccccc1)C(=O)NO. The van der Waals surface area contributed by atoms with Crippen LogP contribution in [0.2, 0.25) is 0 Å². The van der Waals surface area contributed by atoms with Crippen molar-refractivity contribution in [1.82, 2.24) is 10.8 Å². The van der Waals surface area contributed by atoms with E-state index in [1.807, 2.05) is 30.3 Å². The predicted molar refractivity (Wildman–Crippen MR) is 106 cm³/mol. The number of carboxylic acid groups (broad SMARTS) is 1. The van der Waals surface area contributed by atoms with Gasteiger partial charge in [-0.3, -0.25) is 24.4 Å². The fourth-order valence-corrected chi connectivity index (χ4v) is 2.73. The quantitative estimate of drug-likeness (QED) is 0.182. The molecule has 9 heteroatoms. The molecule has 0 aliphatic rings. The number of unbranched alkanes of at least 4 members (excludes halogenated alkanes) is 4. The largest absolute Gasteiger partial charge is 0.481 e. The Labute approximate surface area is 169 Å². The Hall–Kier alpha value is -2.94. The summed E-state index contributed by atoms with van der Waals surface area (Å²) in [4.78, 5) is 45.8. The molecule has 1 rings (SSSR count). The predicted octanol–water partition coefficient (Wildman–Crippen LogP) is 2.21. The number of carbonyl (C=O) groups excluding carboxylic acids is 3. The third kappa shape index (κ3) is 11.5. The van der Waals surface area contributed by atoms with Gasteiger partial charge in [-0.05, 0) is 31.4 Å². The molecule has 0 heterocycles. The van der Waals surface area contributed by atoms with E-state index in [4.69, 9.17) is 10.3 Å². The molecule has 29 heavy (non-hydrogen) atoms. The van der Waals surface area contributed by atoms with Crippen LogP contribution in [0.1, 0.15) is 57.8 Å². The van der Waals surface area contributed by atoms with E-state index < -0.39 is 17.9 Å². The Balaban J connectivity index is 2.12. The molecule has 0 aromatic heterocycles. The van der Waals surface area contributed by atoms with E-state index in [1.165, 1.54) is 5.48 Å². The lowest BCUT2D eigenvalue weighted by molar-refractivity contribution is -0.139. The lowest BCUT2D eigenvalue weighted by atomic mass is 10.1. The maximum atomic E-state index is 11.9. The van der Waals surface area contributed by atoms with Gasteiger partial charge in [0, 0.05) is 24.9 Å². The summed E-state index contributed by atoms with van der Waals surface area (Å²) >= 11 is 0. The molecule has 0 bridgehead atoms. The molecular formula is C20H29N3O6. The second-order valence-electron chi connectivity index (χ2n) is 6.71. The van der Waals surface area contributed by atoms with Gasteiger partial charge in [0.2, 0.25) is 11.8 Å². The first-order chi connectivity index (χ1) is 13.9. The van der Waals surface area contributed by atoms with E-state index >= 15 is 0 Å². The van der Waals surface area contributed by atoms with E-state index in [2.05, 4.69) is 10.6 Å². The zero-order chi connectivity index (χ0) is 21.5. The summed E-state index contributed by atoms with van der Waals surface area (Å²) in [6, 6.07) is 8.19. The van der Waals surface area contributed by atoms with Gasteiger partial charge in [0.1, 0.15) is 6.04 Å². The van der Waals surface area contributed by atoms with Crippen LogP contribution < -0.4 is 16.1 Å². The van der Waals surface area contributed by atoms with Gasteiger partial charge < -0.3 is 15.7 Å². The van der Waals surface area contributed by atoms with Gasteiger partial charge in [0.25, 0.3) is 5.91 Å². The summed E-state index contributed by atoms with van der Waals surface area (Å²) in [7, 11) is 0. The minimum Gasteiger partial charge on any atom is -0.481 e. The third-order valence-corrected chi connectivity index (χ3v) is 4.27. The Morgan fingerprint density at radius 3 is 2.00 bits per heavy atom. The number of hydroxylamine groups is 1. The van der Waals surface area contributed by atoms with Crippen LogP contribution in [0.5, 0.6) is 0 Å². The molecule has 0 unspecified atom stereocenters. The Kier molecular flexibility index (Phi) is 11.7. The highest BCUT2D eigenvalue weighted by Gasteiger charge is 2.21. The van der Waals surface area contributed by atoms with Crippen LogP contribution in [0.3, 0.4) is 0 Å². The Morgan fingerprint density at radius 1 is 0.828 bits per heavy atom. The van der Waals surface area contributed by atoms with Crippen molar-refractivity contribution in [2.45, 2.75) is 63.8 Å². The minimum absolute atomic E-state index is 0.0230. The number of carbonyl (C=O) groups is 4. The molecule has 0 saturated carbocycles. The number of anilines is 1. The summed E-state index contributed by atoms with van der Waals surface area (Å²) in [5.74, 6) is -2.32. The number of rotatable bonds is 14. The topological polar surface area (TPSA) is 145 Å². The lowest BCUT2D eigenvalue weighted by Crippen LogP contribution is -2.46. The highest BCUT2D eigenvalue weighted by molar-refractivity contribution is 5.90. The number of hydrogen-bond acceptors (Lipinski definition) is 5. The fourth-order valence-electron chi connectivity index (χ4n) is 2.73. The number of aliphatic carboxylic acids is 1. The molecule has 0 spiro atoms. The van der Waals surface area contributed by atoms with Gasteiger partial charge in [0.05, 0.1) is 0 Å². The molecule has 1 aromatic carbocycles. The van der Waals surface area contributed by atoms with Crippen molar-refractivity contribution >= 4 is 29.4 Å². The standard InChI is InChI=1S/C20H29N3O6/c24-17(21-15-9-5-4-6-10-15)11-7-2-1-3-8-12-18(25)22-16(20(28)23-29)13-14-19(26)27/h4-6,9-10,16,29H,1-3,7-8,11-14H2,(H,21,24)(H,22,25)(H,23,28)(H,26,27)/t16-/m1/s1. The van der Waals surface area contributed by atoms with E-state index in [9.17, 15) is 19.2 Å². The van der Waals surface area contributed by atoms with Crippen LogP contribution in [0.25, 0.3) is 0 Å². The van der Waals surface area contributed by atoms with Crippen molar-refractivity contribution in [3.8, 4) is 0 Å². The van der Waals surface area contributed by atoms with Crippen LogP contribution in [0.4, 0.5) is 5.69 Å². The average molecular weight is 407 g/mol. The number of nitrogens with one attached hydrogen (secondary N) is 3. The summed E-state index contributed by atoms with van der Waals surface area (Å²) in [6.07, 6.45) is 4.19. The number of para-hydroxylation sites is 1. The minimum atomic E-state index is -1.09. The van der Waals surface area contributed by atoms with Gasteiger partial charge in [-0.1, -0.05) is 37.5 Å². The molecule has 0 radical (unpaired) electrons. The molecule has 1 atom stereocenters. The van der Waals surface area contributed by atoms with Crippen LogP contribution >= 0.6 is 0 Å². The van der Waals surface area contributed by atoms with Gasteiger partial charge in [0.15, 0.2) is 0 Å². The fraction of sp³-hybridized carbons (Fsp3) is 0.500. The summed E-state index contributed by atoms with van der Waals surface area (Å²) in [6.45, 7) is 0. The third-order valence-electron chi connectivity index (χ3n) is 4.27. The van der Waals surface area contributed by atoms with Crippen LogP contribution in [-0.2, 0) is 19.2 Å².